The van der Waals surface area contributed by atoms with Gasteiger partial charge >= 0.3 is 0 Å². The molecule has 0 amide bonds. The van der Waals surface area contributed by atoms with Gasteiger partial charge in [-0.25, -0.2) is 14.4 Å². The molecule has 7 heteroatoms. The molecule has 2 aromatic heterocycles. The molecule has 0 radical (unpaired) electrons. The molecule has 1 saturated carbocycles. The van der Waals surface area contributed by atoms with Gasteiger partial charge in [-0.3, -0.25) is 0 Å². The Morgan fingerprint density at radius 3 is 2.64 bits per heavy atom. The Morgan fingerprint density at radius 1 is 1.12 bits per heavy atom. The topological polar surface area (TPSA) is 64.0 Å². The minimum absolute atomic E-state index is 0.257. The minimum Gasteiger partial charge on any atom is -0.376 e. The molecule has 2 unspecified atom stereocenters. The Morgan fingerprint density at radius 2 is 1.94 bits per heavy atom. The van der Waals surface area contributed by atoms with Crippen molar-refractivity contribution in [2.75, 3.05) is 24.6 Å². The summed E-state index contributed by atoms with van der Waals surface area (Å²) in [5.41, 5.74) is 3.16. The summed E-state index contributed by atoms with van der Waals surface area (Å²) in [7, 11) is 0. The fraction of sp³-hybridized carbons (Fsp3) is 0.462. The van der Waals surface area contributed by atoms with E-state index < -0.39 is 0 Å². The maximum absolute atomic E-state index is 14.5. The highest BCUT2D eigenvalue weighted by Gasteiger charge is 2.43. The lowest BCUT2D eigenvalue weighted by molar-refractivity contribution is 0.102. The number of aryl methyl sites for hydroxylation is 1. The molecule has 3 heterocycles. The van der Waals surface area contributed by atoms with E-state index in [1.165, 1.54) is 30.9 Å². The van der Waals surface area contributed by atoms with Crippen molar-refractivity contribution in [3.8, 4) is 11.3 Å². The summed E-state index contributed by atoms with van der Waals surface area (Å²) >= 11 is 0. The van der Waals surface area contributed by atoms with Gasteiger partial charge in [-0.05, 0) is 67.2 Å². The number of halogens is 1. The van der Waals surface area contributed by atoms with Crippen molar-refractivity contribution in [3.63, 3.8) is 0 Å². The van der Waals surface area contributed by atoms with Crippen molar-refractivity contribution in [1.29, 1.82) is 0 Å². The molecule has 2 aliphatic rings. The van der Waals surface area contributed by atoms with Crippen molar-refractivity contribution < 1.29 is 9.13 Å². The van der Waals surface area contributed by atoms with Crippen LogP contribution in [0.25, 0.3) is 11.3 Å². The quantitative estimate of drug-likeness (QED) is 0.499. The van der Waals surface area contributed by atoms with E-state index in [9.17, 15) is 4.39 Å². The van der Waals surface area contributed by atoms with Gasteiger partial charge in [-0.15, -0.1) is 0 Å². The number of hydrogen-bond donors (Lipinski definition) is 0. The summed E-state index contributed by atoms with van der Waals surface area (Å²) in [5, 5.41) is 7.89. The molecular formula is C26H30FN5O. The molecule has 172 valence electrons. The predicted molar refractivity (Wildman–Crippen MR) is 125 cm³/mol. The zero-order valence-electron chi connectivity index (χ0n) is 19.0. The van der Waals surface area contributed by atoms with E-state index >= 15 is 0 Å². The van der Waals surface area contributed by atoms with E-state index in [1.807, 2.05) is 24.5 Å². The van der Waals surface area contributed by atoms with Crippen LogP contribution in [-0.4, -0.2) is 39.9 Å². The molecule has 1 aliphatic carbocycles. The van der Waals surface area contributed by atoms with Crippen molar-refractivity contribution >= 4 is 5.95 Å². The van der Waals surface area contributed by atoms with E-state index in [-0.39, 0.29) is 5.82 Å². The molecule has 2 atom stereocenters. The summed E-state index contributed by atoms with van der Waals surface area (Å²) in [6, 6.07) is 8.79. The first-order valence-electron chi connectivity index (χ1n) is 11.9. The molecule has 0 bridgehead atoms. The highest BCUT2D eigenvalue weighted by molar-refractivity contribution is 5.58. The van der Waals surface area contributed by atoms with E-state index in [0.29, 0.717) is 30.4 Å². The zero-order chi connectivity index (χ0) is 22.6. The molecule has 6 nitrogen and oxygen atoms in total. The second-order valence-electron chi connectivity index (χ2n) is 9.16. The second kappa shape index (κ2) is 9.91. The molecule has 1 aromatic carbocycles. The van der Waals surface area contributed by atoms with E-state index in [0.717, 1.165) is 42.9 Å². The number of hydrogen-bond acceptors (Lipinski definition) is 6. The van der Waals surface area contributed by atoms with Crippen LogP contribution in [0.15, 0.2) is 48.9 Å². The number of piperidine rings is 1. The highest BCUT2D eigenvalue weighted by Crippen LogP contribution is 2.48. The van der Waals surface area contributed by atoms with Crippen LogP contribution in [0.4, 0.5) is 10.3 Å². The molecule has 0 spiro atoms. The van der Waals surface area contributed by atoms with Gasteiger partial charge in [0.1, 0.15) is 5.82 Å². The lowest BCUT2D eigenvalue weighted by atomic mass is 9.91. The van der Waals surface area contributed by atoms with Crippen molar-refractivity contribution in [1.82, 2.24) is 20.2 Å². The standard InChI is InChI=1S/C26H30FN5O/c1-2-18-14-28-26(29-15-18)32-10-7-19(8-11-32)23-12-22(23)17-33-16-21-6-5-20(13-24(21)27)25-4-3-9-30-31-25/h3-6,9,13-15,19,22-23H,2,7-8,10-12,16-17H2,1H3. The predicted octanol–water partition coefficient (Wildman–Crippen LogP) is 4.70. The summed E-state index contributed by atoms with van der Waals surface area (Å²) in [6.45, 7) is 5.16. The maximum Gasteiger partial charge on any atom is 0.225 e. The van der Waals surface area contributed by atoms with Crippen LogP contribution in [0.3, 0.4) is 0 Å². The first-order valence-corrected chi connectivity index (χ1v) is 11.9. The van der Waals surface area contributed by atoms with E-state index in [4.69, 9.17) is 4.74 Å². The fourth-order valence-electron chi connectivity index (χ4n) is 4.86. The SMILES string of the molecule is CCc1cnc(N2CCC(C3CC3COCc3ccc(-c4cccnn4)cc3F)CC2)nc1. The number of anilines is 1. The second-order valence-corrected chi connectivity index (χ2v) is 9.16. The summed E-state index contributed by atoms with van der Waals surface area (Å²) in [6.07, 6.45) is 10.0. The number of aromatic nitrogens is 4. The average Bonchev–Trinajstić information content (AvgIpc) is 3.65. The van der Waals surface area contributed by atoms with Crippen LogP contribution in [-0.2, 0) is 17.8 Å². The molecule has 5 rings (SSSR count). The fourth-order valence-corrected chi connectivity index (χ4v) is 4.86. The van der Waals surface area contributed by atoms with Gasteiger partial charge in [0.05, 0.1) is 18.9 Å². The van der Waals surface area contributed by atoms with Crippen molar-refractivity contribution in [3.05, 3.63) is 65.9 Å². The Kier molecular flexibility index (Phi) is 6.58. The minimum atomic E-state index is -0.257. The van der Waals surface area contributed by atoms with Crippen LogP contribution >= 0.6 is 0 Å². The van der Waals surface area contributed by atoms with E-state index in [2.05, 4.69) is 32.0 Å². The Balaban J connectivity index is 1.06. The summed E-state index contributed by atoms with van der Waals surface area (Å²) in [4.78, 5) is 11.4. The van der Waals surface area contributed by atoms with Gasteiger partial charge in [-0.2, -0.15) is 10.2 Å². The van der Waals surface area contributed by atoms with Crippen LogP contribution < -0.4 is 4.90 Å². The first kappa shape index (κ1) is 21.9. The number of nitrogens with zero attached hydrogens (tertiary/aromatic N) is 5. The average molecular weight is 448 g/mol. The van der Waals surface area contributed by atoms with E-state index in [1.54, 1.807) is 18.3 Å². The molecule has 2 fully saturated rings. The van der Waals surface area contributed by atoms with Gasteiger partial charge in [0, 0.05) is 42.8 Å². The van der Waals surface area contributed by atoms with Crippen LogP contribution in [0.5, 0.6) is 0 Å². The maximum atomic E-state index is 14.5. The monoisotopic (exact) mass is 447 g/mol. The molecule has 1 saturated heterocycles. The lowest BCUT2D eigenvalue weighted by Crippen LogP contribution is -2.35. The van der Waals surface area contributed by atoms with Gasteiger partial charge in [0.25, 0.3) is 0 Å². The third-order valence-corrected chi connectivity index (χ3v) is 7.02. The van der Waals surface area contributed by atoms with Crippen LogP contribution in [0.1, 0.15) is 37.3 Å². The number of ether oxygens (including phenoxy) is 1. The Bertz CT molecular complexity index is 1050. The lowest BCUT2D eigenvalue weighted by Gasteiger charge is -2.32. The zero-order valence-corrected chi connectivity index (χ0v) is 19.0. The summed E-state index contributed by atoms with van der Waals surface area (Å²) in [5.74, 6) is 2.68. The Hall–Kier alpha value is -2.93. The number of rotatable bonds is 8. The molecular weight excluding hydrogens is 417 g/mol. The third kappa shape index (κ3) is 5.19. The smallest absolute Gasteiger partial charge is 0.225 e. The van der Waals surface area contributed by atoms with Crippen molar-refractivity contribution in [2.24, 2.45) is 17.8 Å². The molecule has 0 N–H and O–H groups in total. The van der Waals surface area contributed by atoms with Gasteiger partial charge in [0.15, 0.2) is 0 Å². The first-order chi connectivity index (χ1) is 16.2. The van der Waals surface area contributed by atoms with Crippen LogP contribution in [0, 0.1) is 23.6 Å². The molecule has 3 aromatic rings. The van der Waals surface area contributed by atoms with Gasteiger partial charge in [0.2, 0.25) is 5.95 Å². The number of benzene rings is 1. The highest BCUT2D eigenvalue weighted by atomic mass is 19.1. The largest absolute Gasteiger partial charge is 0.376 e. The Labute approximate surface area is 194 Å². The van der Waals surface area contributed by atoms with Gasteiger partial charge < -0.3 is 9.64 Å². The summed E-state index contributed by atoms with van der Waals surface area (Å²) < 4.78 is 20.4. The van der Waals surface area contributed by atoms with Gasteiger partial charge in [-0.1, -0.05) is 19.1 Å². The molecule has 1 aliphatic heterocycles. The van der Waals surface area contributed by atoms with Crippen LogP contribution in [0.2, 0.25) is 0 Å². The third-order valence-electron chi connectivity index (χ3n) is 7.02. The normalized spacial score (nSPS) is 20.7. The molecule has 33 heavy (non-hydrogen) atoms. The van der Waals surface area contributed by atoms with Crippen molar-refractivity contribution in [2.45, 2.75) is 39.2 Å².